The summed E-state index contributed by atoms with van der Waals surface area (Å²) in [6, 6.07) is 8.89. The van der Waals surface area contributed by atoms with Gasteiger partial charge in [-0.3, -0.25) is 9.59 Å². The molecular weight excluding hydrogens is 489 g/mol. The van der Waals surface area contributed by atoms with E-state index in [9.17, 15) is 18.0 Å². The zero-order valence-electron chi connectivity index (χ0n) is 17.7. The Bertz CT molecular complexity index is 1220. The summed E-state index contributed by atoms with van der Waals surface area (Å²) >= 11 is 12.0. The molecule has 2 aromatic carbocycles. The number of nitrogens with one attached hydrogen (secondary N) is 1. The summed E-state index contributed by atoms with van der Waals surface area (Å²) in [6.07, 6.45) is 2.26. The Hall–Kier alpha value is -2.82. The molecule has 2 aromatic rings. The van der Waals surface area contributed by atoms with E-state index in [-0.39, 0.29) is 27.4 Å². The van der Waals surface area contributed by atoms with Crippen molar-refractivity contribution in [3.63, 3.8) is 0 Å². The number of nitrogens with two attached hydrogens (primary N) is 2. The Morgan fingerprint density at radius 1 is 1.09 bits per heavy atom. The van der Waals surface area contributed by atoms with Crippen LogP contribution in [0.25, 0.3) is 0 Å². The number of rotatable bonds is 5. The van der Waals surface area contributed by atoms with Gasteiger partial charge in [0.05, 0.1) is 21.2 Å². The number of piperidine rings is 1. The first-order chi connectivity index (χ1) is 15.5. The van der Waals surface area contributed by atoms with Gasteiger partial charge in [-0.25, -0.2) is 8.42 Å². The van der Waals surface area contributed by atoms with Gasteiger partial charge in [-0.15, -0.1) is 0 Å². The number of benzene rings is 2. The molecule has 0 aromatic heterocycles. The third-order valence-corrected chi connectivity index (χ3v) is 6.86. The van der Waals surface area contributed by atoms with Gasteiger partial charge in [0.25, 0.3) is 11.8 Å². The van der Waals surface area contributed by atoms with E-state index < -0.39 is 21.7 Å². The molecule has 0 radical (unpaired) electrons. The number of anilines is 1. The zero-order chi connectivity index (χ0) is 24.3. The van der Waals surface area contributed by atoms with Gasteiger partial charge in [-0.05, 0) is 49.2 Å². The van der Waals surface area contributed by atoms with E-state index in [4.69, 9.17) is 34.7 Å². The van der Waals surface area contributed by atoms with Gasteiger partial charge >= 0.3 is 0 Å². The Kier molecular flexibility index (Phi) is 7.51. The highest BCUT2D eigenvalue weighted by Crippen LogP contribution is 2.30. The lowest BCUT2D eigenvalue weighted by Crippen LogP contribution is -2.45. The summed E-state index contributed by atoms with van der Waals surface area (Å²) in [5.41, 5.74) is 11.4. The minimum Gasteiger partial charge on any atom is -0.370 e. The number of hydrogen-bond donors (Lipinski definition) is 3. The highest BCUT2D eigenvalue weighted by molar-refractivity contribution is 7.90. The summed E-state index contributed by atoms with van der Waals surface area (Å²) in [7, 11) is -3.64. The van der Waals surface area contributed by atoms with Crippen LogP contribution in [0.5, 0.6) is 0 Å². The first kappa shape index (κ1) is 24.8. The summed E-state index contributed by atoms with van der Waals surface area (Å²) in [6.45, 7) is 1.01. The second-order valence-corrected chi connectivity index (χ2v) is 10.5. The normalized spacial score (nSPS) is 14.6. The van der Waals surface area contributed by atoms with E-state index in [1.165, 1.54) is 18.2 Å². The Balaban J connectivity index is 1.74. The molecular formula is C21H23Cl2N5O4S. The summed E-state index contributed by atoms with van der Waals surface area (Å²) in [4.78, 5) is 30.1. The number of carbonyl (C=O) groups excluding carboxylic acids is 2. The first-order valence-corrected chi connectivity index (χ1v) is 12.6. The number of amides is 2. The highest BCUT2D eigenvalue weighted by atomic mass is 35.5. The Morgan fingerprint density at radius 2 is 1.76 bits per heavy atom. The number of guanidine groups is 1. The second-order valence-electron chi connectivity index (χ2n) is 7.66. The average molecular weight is 512 g/mol. The monoisotopic (exact) mass is 511 g/mol. The van der Waals surface area contributed by atoms with Crippen molar-refractivity contribution in [1.82, 2.24) is 5.32 Å². The molecule has 5 N–H and O–H groups in total. The smallest absolute Gasteiger partial charge is 0.280 e. The molecule has 0 aliphatic carbocycles. The largest absolute Gasteiger partial charge is 0.370 e. The van der Waals surface area contributed by atoms with Crippen LogP contribution in [0.3, 0.4) is 0 Å². The van der Waals surface area contributed by atoms with Gasteiger partial charge in [-0.2, -0.15) is 4.99 Å². The molecule has 176 valence electrons. The van der Waals surface area contributed by atoms with Crippen LogP contribution in [0.1, 0.15) is 33.6 Å². The fraction of sp³-hybridized carbons (Fsp3) is 0.286. The Morgan fingerprint density at radius 3 is 2.33 bits per heavy atom. The van der Waals surface area contributed by atoms with E-state index in [0.717, 1.165) is 6.26 Å². The lowest BCUT2D eigenvalue weighted by Gasteiger charge is -2.35. The topological polar surface area (TPSA) is 148 Å². The predicted octanol–water partition coefficient (Wildman–Crippen LogP) is 2.21. The quantitative estimate of drug-likeness (QED) is 0.411. The van der Waals surface area contributed by atoms with Crippen LogP contribution in [0.2, 0.25) is 10.0 Å². The molecule has 3 rings (SSSR count). The van der Waals surface area contributed by atoms with Gasteiger partial charge < -0.3 is 21.7 Å². The van der Waals surface area contributed by atoms with Crippen LogP contribution in [0.15, 0.2) is 46.3 Å². The first-order valence-electron chi connectivity index (χ1n) is 9.94. The third-order valence-electron chi connectivity index (χ3n) is 5.18. The number of sulfone groups is 1. The summed E-state index contributed by atoms with van der Waals surface area (Å²) < 4.78 is 24.8. The van der Waals surface area contributed by atoms with Gasteiger partial charge in [-0.1, -0.05) is 23.2 Å². The molecule has 1 fully saturated rings. The van der Waals surface area contributed by atoms with Crippen LogP contribution < -0.4 is 21.7 Å². The van der Waals surface area contributed by atoms with E-state index >= 15 is 0 Å². The van der Waals surface area contributed by atoms with E-state index in [1.807, 2.05) is 4.90 Å². The molecule has 2 amide bonds. The summed E-state index contributed by atoms with van der Waals surface area (Å²) in [5.74, 6) is -1.43. The third kappa shape index (κ3) is 6.16. The molecule has 1 aliphatic heterocycles. The van der Waals surface area contributed by atoms with Crippen molar-refractivity contribution in [2.24, 2.45) is 16.5 Å². The van der Waals surface area contributed by atoms with Crippen molar-refractivity contribution >= 4 is 56.5 Å². The highest BCUT2D eigenvalue weighted by Gasteiger charge is 2.26. The van der Waals surface area contributed by atoms with Crippen LogP contribution in [0, 0.1) is 0 Å². The van der Waals surface area contributed by atoms with E-state index in [2.05, 4.69) is 10.3 Å². The van der Waals surface area contributed by atoms with Crippen LogP contribution in [-0.2, 0) is 9.84 Å². The number of nitrogens with zero attached hydrogens (tertiary/aromatic N) is 2. The maximum absolute atomic E-state index is 12.6. The van der Waals surface area contributed by atoms with Crippen molar-refractivity contribution in [2.45, 2.75) is 23.8 Å². The number of aliphatic imine (C=N–C) groups is 1. The fourth-order valence-corrected chi connectivity index (χ4v) is 5.00. The zero-order valence-corrected chi connectivity index (χ0v) is 20.0. The predicted molar refractivity (Wildman–Crippen MR) is 129 cm³/mol. The summed E-state index contributed by atoms with van der Waals surface area (Å²) in [5, 5.41) is 3.67. The van der Waals surface area contributed by atoms with Crippen molar-refractivity contribution in [3.8, 4) is 0 Å². The molecule has 1 heterocycles. The molecule has 0 atom stereocenters. The van der Waals surface area contributed by atoms with Crippen LogP contribution in [-0.4, -0.2) is 51.6 Å². The molecule has 1 saturated heterocycles. The van der Waals surface area contributed by atoms with E-state index in [1.54, 1.807) is 18.2 Å². The Labute approximate surface area is 201 Å². The van der Waals surface area contributed by atoms with Gasteiger partial charge in [0.1, 0.15) is 0 Å². The molecule has 9 nitrogen and oxygen atoms in total. The molecule has 12 heteroatoms. The van der Waals surface area contributed by atoms with Gasteiger partial charge in [0, 0.05) is 36.0 Å². The molecule has 0 bridgehead atoms. The maximum Gasteiger partial charge on any atom is 0.280 e. The van der Waals surface area contributed by atoms with Crippen molar-refractivity contribution in [1.29, 1.82) is 0 Å². The lowest BCUT2D eigenvalue weighted by atomic mass is 10.0. The van der Waals surface area contributed by atoms with E-state index in [0.29, 0.717) is 42.2 Å². The minimum absolute atomic E-state index is 0.00887. The van der Waals surface area contributed by atoms with Gasteiger partial charge in [0.15, 0.2) is 15.8 Å². The molecule has 33 heavy (non-hydrogen) atoms. The van der Waals surface area contributed by atoms with Crippen LogP contribution in [0.4, 0.5) is 5.69 Å². The molecule has 1 aliphatic rings. The minimum atomic E-state index is -3.64. The standard InChI is InChI=1S/C21H23Cl2N5O4S/c1-33(31,32)18-10-12(19(29)27-21(24)25)2-5-17(18)28-8-6-14(7-9-28)26-20(30)15-4-3-13(22)11-16(15)23/h2-5,10-11,14H,6-9H2,1H3,(H,26,30)(H4,24,25,27,29). The lowest BCUT2D eigenvalue weighted by molar-refractivity contribution is 0.0930. The number of hydrogen-bond acceptors (Lipinski definition) is 5. The van der Waals surface area contributed by atoms with Gasteiger partial charge in [0.2, 0.25) is 0 Å². The number of carbonyl (C=O) groups is 2. The van der Waals surface area contributed by atoms with Crippen molar-refractivity contribution in [3.05, 3.63) is 57.6 Å². The molecule has 0 saturated carbocycles. The second kappa shape index (κ2) is 9.98. The maximum atomic E-state index is 12.6. The SMILES string of the molecule is CS(=O)(=O)c1cc(C(=O)N=C(N)N)ccc1N1CCC(NC(=O)c2ccc(Cl)cc2Cl)CC1. The fourth-order valence-electron chi connectivity index (χ4n) is 3.59. The molecule has 0 unspecified atom stereocenters. The molecule has 0 spiro atoms. The van der Waals surface area contributed by atoms with Crippen LogP contribution >= 0.6 is 23.2 Å². The van der Waals surface area contributed by atoms with Crippen molar-refractivity contribution < 1.29 is 18.0 Å². The average Bonchev–Trinajstić information content (AvgIpc) is 2.72. The van der Waals surface area contributed by atoms with Crippen molar-refractivity contribution in [2.75, 3.05) is 24.2 Å². The number of halogens is 2.